The number of hydrogen-bond donors (Lipinski definition) is 1. The van der Waals surface area contributed by atoms with Gasteiger partial charge in [-0.1, -0.05) is 12.1 Å². The average molecular weight is 159 g/mol. The van der Waals surface area contributed by atoms with Crippen molar-refractivity contribution in [1.82, 2.24) is 15.4 Å². The third kappa shape index (κ3) is 1.46. The first-order valence-corrected chi connectivity index (χ1v) is 2.72. The van der Waals surface area contributed by atoms with Crippen LogP contribution in [0.1, 0.15) is 1.43 Å². The Morgan fingerprint density at radius 1 is 1.10 bits per heavy atom. The molecule has 0 aliphatic carbocycles. The first-order valence-electron chi connectivity index (χ1n) is 2.72. The van der Waals surface area contributed by atoms with Gasteiger partial charge in [0, 0.05) is 0 Å². The minimum atomic E-state index is 0. The SMILES string of the molecule is [H-].[K+].c1ccc2n[nH]nc2c1. The minimum absolute atomic E-state index is 0. The van der Waals surface area contributed by atoms with Gasteiger partial charge in [-0.25, -0.2) is 0 Å². The van der Waals surface area contributed by atoms with Crippen molar-refractivity contribution in [2.24, 2.45) is 0 Å². The van der Waals surface area contributed by atoms with Gasteiger partial charge in [0.25, 0.3) is 0 Å². The van der Waals surface area contributed by atoms with Crippen molar-refractivity contribution in [2.45, 2.75) is 0 Å². The summed E-state index contributed by atoms with van der Waals surface area (Å²) in [5, 5.41) is 10.3. The molecule has 4 heteroatoms. The number of rotatable bonds is 0. The van der Waals surface area contributed by atoms with Gasteiger partial charge in [0.2, 0.25) is 0 Å². The van der Waals surface area contributed by atoms with E-state index in [0.717, 1.165) is 11.0 Å². The molecular weight excluding hydrogens is 153 g/mol. The van der Waals surface area contributed by atoms with Crippen LogP contribution < -0.4 is 51.4 Å². The molecule has 0 radical (unpaired) electrons. The van der Waals surface area contributed by atoms with Crippen LogP contribution >= 0.6 is 0 Å². The Hall–Kier alpha value is 0.256. The molecule has 1 N–H and O–H groups in total. The number of aromatic amines is 1. The number of aromatic nitrogens is 3. The number of H-pyrrole nitrogens is 1. The van der Waals surface area contributed by atoms with Crippen molar-refractivity contribution in [3.8, 4) is 0 Å². The van der Waals surface area contributed by atoms with Crippen LogP contribution in [0, 0.1) is 0 Å². The van der Waals surface area contributed by atoms with Crippen LogP contribution in [0.3, 0.4) is 0 Å². The van der Waals surface area contributed by atoms with Crippen LogP contribution in [0.2, 0.25) is 0 Å². The van der Waals surface area contributed by atoms with Crippen molar-refractivity contribution in [2.75, 3.05) is 0 Å². The van der Waals surface area contributed by atoms with Gasteiger partial charge in [-0.2, -0.15) is 15.4 Å². The van der Waals surface area contributed by atoms with Crippen molar-refractivity contribution < 1.29 is 52.8 Å². The van der Waals surface area contributed by atoms with Gasteiger partial charge in [0.05, 0.1) is 0 Å². The summed E-state index contributed by atoms with van der Waals surface area (Å²) in [6.07, 6.45) is 0. The molecular formula is C6H6KN3. The van der Waals surface area contributed by atoms with Gasteiger partial charge in [-0.05, 0) is 12.1 Å². The molecule has 1 aromatic heterocycles. The summed E-state index contributed by atoms with van der Waals surface area (Å²) >= 11 is 0. The number of benzene rings is 1. The van der Waals surface area contributed by atoms with Gasteiger partial charge in [0.15, 0.2) is 0 Å². The summed E-state index contributed by atoms with van der Waals surface area (Å²) in [5.74, 6) is 0. The average Bonchev–Trinajstić information content (AvgIpc) is 2.33. The molecule has 0 fully saturated rings. The van der Waals surface area contributed by atoms with Gasteiger partial charge < -0.3 is 1.43 Å². The van der Waals surface area contributed by atoms with E-state index in [2.05, 4.69) is 15.4 Å². The van der Waals surface area contributed by atoms with Crippen LogP contribution in [-0.4, -0.2) is 15.4 Å². The van der Waals surface area contributed by atoms with Gasteiger partial charge in [-0.3, -0.25) is 0 Å². The van der Waals surface area contributed by atoms with E-state index in [-0.39, 0.29) is 52.8 Å². The molecule has 3 nitrogen and oxygen atoms in total. The largest absolute Gasteiger partial charge is 1.00 e. The molecule has 0 saturated carbocycles. The second kappa shape index (κ2) is 3.59. The van der Waals surface area contributed by atoms with Crippen molar-refractivity contribution >= 4 is 11.0 Å². The molecule has 0 unspecified atom stereocenters. The molecule has 0 aliphatic heterocycles. The Labute approximate surface area is 102 Å². The van der Waals surface area contributed by atoms with Crippen LogP contribution in [0.5, 0.6) is 0 Å². The summed E-state index contributed by atoms with van der Waals surface area (Å²) in [4.78, 5) is 0. The fourth-order valence-corrected chi connectivity index (χ4v) is 0.786. The smallest absolute Gasteiger partial charge is 1.00 e. The van der Waals surface area contributed by atoms with Crippen molar-refractivity contribution in [1.29, 1.82) is 0 Å². The van der Waals surface area contributed by atoms with Crippen LogP contribution in [0.4, 0.5) is 0 Å². The topological polar surface area (TPSA) is 41.6 Å². The Bertz CT molecular complexity index is 292. The molecule has 0 bridgehead atoms. The first-order chi connectivity index (χ1) is 4.47. The fraction of sp³-hybridized carbons (Fsp3) is 0. The van der Waals surface area contributed by atoms with Gasteiger partial charge >= 0.3 is 51.4 Å². The molecule has 2 rings (SSSR count). The van der Waals surface area contributed by atoms with E-state index in [4.69, 9.17) is 0 Å². The van der Waals surface area contributed by atoms with E-state index in [1.54, 1.807) is 0 Å². The van der Waals surface area contributed by atoms with E-state index in [1.165, 1.54) is 0 Å². The maximum absolute atomic E-state index is 3.88. The van der Waals surface area contributed by atoms with Crippen molar-refractivity contribution in [3.05, 3.63) is 24.3 Å². The van der Waals surface area contributed by atoms with E-state index in [9.17, 15) is 0 Å². The number of hydrogen-bond acceptors (Lipinski definition) is 2. The first kappa shape index (κ1) is 8.35. The summed E-state index contributed by atoms with van der Waals surface area (Å²) in [5.41, 5.74) is 1.83. The molecule has 1 aromatic carbocycles. The Morgan fingerprint density at radius 2 is 1.60 bits per heavy atom. The maximum atomic E-state index is 3.88. The van der Waals surface area contributed by atoms with E-state index in [0.29, 0.717) is 0 Å². The van der Waals surface area contributed by atoms with Gasteiger partial charge in [0.1, 0.15) is 11.0 Å². The van der Waals surface area contributed by atoms with E-state index in [1.807, 2.05) is 24.3 Å². The van der Waals surface area contributed by atoms with Crippen LogP contribution in [-0.2, 0) is 0 Å². The predicted octanol–water partition coefficient (Wildman–Crippen LogP) is -1.93. The second-order valence-corrected chi connectivity index (χ2v) is 1.81. The third-order valence-corrected chi connectivity index (χ3v) is 1.22. The molecule has 0 amide bonds. The molecule has 0 atom stereocenters. The number of para-hydroxylation sites is 2. The standard InChI is InChI=1S/C6H5N3.K.H/c1-2-4-6-5(3-1)7-9-8-6;;/h1-4H,(H,7,8,9);;/q;+1;-1. The van der Waals surface area contributed by atoms with E-state index >= 15 is 0 Å². The van der Waals surface area contributed by atoms with Crippen LogP contribution in [0.15, 0.2) is 24.3 Å². The molecule has 10 heavy (non-hydrogen) atoms. The molecule has 0 aliphatic rings. The summed E-state index contributed by atoms with van der Waals surface area (Å²) in [6.45, 7) is 0. The normalized spacial score (nSPS) is 9.20. The van der Waals surface area contributed by atoms with Crippen molar-refractivity contribution in [3.63, 3.8) is 0 Å². The predicted molar refractivity (Wildman–Crippen MR) is 35.0 cm³/mol. The monoisotopic (exact) mass is 159 g/mol. The van der Waals surface area contributed by atoms with Crippen LogP contribution in [0.25, 0.3) is 11.0 Å². The molecule has 1 heterocycles. The maximum Gasteiger partial charge on any atom is 1.00 e. The summed E-state index contributed by atoms with van der Waals surface area (Å²) in [7, 11) is 0. The summed E-state index contributed by atoms with van der Waals surface area (Å²) in [6, 6.07) is 7.70. The fourth-order valence-electron chi connectivity index (χ4n) is 0.786. The third-order valence-electron chi connectivity index (χ3n) is 1.22. The zero-order valence-corrected chi connectivity index (χ0v) is 8.83. The zero-order chi connectivity index (χ0) is 6.10. The number of fused-ring (bicyclic) bond motifs is 1. The Kier molecular flexibility index (Phi) is 3.00. The molecule has 2 aromatic rings. The van der Waals surface area contributed by atoms with E-state index < -0.39 is 0 Å². The molecule has 0 saturated heterocycles. The second-order valence-electron chi connectivity index (χ2n) is 1.81. The quantitative estimate of drug-likeness (QED) is 0.455. The Morgan fingerprint density at radius 3 is 2.10 bits per heavy atom. The molecule has 46 valence electrons. The number of nitrogens with one attached hydrogen (secondary N) is 1. The minimum Gasteiger partial charge on any atom is -1.00 e. The van der Waals surface area contributed by atoms with Gasteiger partial charge in [-0.15, -0.1) is 0 Å². The summed E-state index contributed by atoms with van der Waals surface area (Å²) < 4.78 is 0. The molecule has 0 spiro atoms. The Balaban J connectivity index is 0.000000500. The zero-order valence-electron chi connectivity index (χ0n) is 6.70. The number of nitrogens with zero attached hydrogens (tertiary/aromatic N) is 2.